The minimum atomic E-state index is -3.88. The van der Waals surface area contributed by atoms with Crippen molar-refractivity contribution in [3.63, 3.8) is 0 Å². The first kappa shape index (κ1) is 84.1. The number of pyridine rings is 3. The molecule has 0 radical (unpaired) electrons. The van der Waals surface area contributed by atoms with Gasteiger partial charge in [-0.15, -0.1) is 130 Å². The fourth-order valence-corrected chi connectivity index (χ4v) is 22.6. The van der Waals surface area contributed by atoms with Crippen LogP contribution in [0.4, 0.5) is 0 Å². The van der Waals surface area contributed by atoms with Crippen molar-refractivity contribution in [3.05, 3.63) is 438 Å². The topological polar surface area (TPSA) is 163 Å². The Morgan fingerprint density at radius 1 is 0.292 bits per heavy atom. The van der Waals surface area contributed by atoms with Crippen LogP contribution >= 0.6 is 18.9 Å². The third-order valence-electron chi connectivity index (χ3n) is 23.2. The second kappa shape index (κ2) is 35.2. The van der Waals surface area contributed by atoms with E-state index < -0.39 is 17.0 Å². The Morgan fingerprint density at radius 3 is 1.18 bits per heavy atom. The Labute approximate surface area is 794 Å². The zero-order valence-electron chi connectivity index (χ0n) is 68.4. The Kier molecular flexibility index (Phi) is 22.8. The van der Waals surface area contributed by atoms with Crippen molar-refractivity contribution in [1.29, 1.82) is 0 Å². The van der Waals surface area contributed by atoms with Crippen LogP contribution in [0, 0.1) is 36.4 Å². The summed E-state index contributed by atoms with van der Waals surface area (Å²) in [6.07, 6.45) is 16.8. The van der Waals surface area contributed by atoms with Gasteiger partial charge >= 0.3 is 63.2 Å². The van der Waals surface area contributed by atoms with Gasteiger partial charge in [-0.3, -0.25) is 14.0 Å². The summed E-state index contributed by atoms with van der Waals surface area (Å²) in [5.74, 6) is 0. The van der Waals surface area contributed by atoms with E-state index in [-0.39, 0.29) is 73.0 Å². The van der Waals surface area contributed by atoms with Crippen LogP contribution in [-0.2, 0) is 77.6 Å². The van der Waals surface area contributed by atoms with E-state index in [0.29, 0.717) is 33.2 Å². The van der Waals surface area contributed by atoms with Crippen LogP contribution in [0.25, 0.3) is 161 Å². The quantitative estimate of drug-likeness (QED) is 0.0756. The number of aromatic nitrogens is 13. The molecule has 25 rings (SSSR count). The zero-order valence-corrected chi connectivity index (χ0v) is 77.7. The number of rotatable bonds is 14. The van der Waals surface area contributed by atoms with E-state index in [2.05, 4.69) is 246 Å². The second-order valence-electron chi connectivity index (χ2n) is 30.6. The molecule has 628 valence electrons. The number of hydrogen-bond acceptors (Lipinski definition) is 10. The molecule has 1 aliphatic heterocycles. The predicted molar refractivity (Wildman–Crippen MR) is 506 cm³/mol. The van der Waals surface area contributed by atoms with Gasteiger partial charge in [-0.2, -0.15) is 57.8 Å². The van der Waals surface area contributed by atoms with Gasteiger partial charge in [0.1, 0.15) is 12.8 Å². The van der Waals surface area contributed by atoms with Gasteiger partial charge < -0.3 is 32.8 Å². The molecule has 0 bridgehead atoms. The van der Waals surface area contributed by atoms with Crippen LogP contribution in [0.15, 0.2) is 421 Å². The zero-order chi connectivity index (χ0) is 84.7. The molecule has 24 aromatic rings. The smallest absolute Gasteiger partial charge is 0.318 e. The SMILES string of the molecule is O=P1(c2[c-]c(-n3cc(-n4c5ccccc5c5ccccc54)cn3)ccc2)c2[c-]c(-n3c4ccccc4c4cccnc43)ccc2-c2ccccc21.O=S(=O)(c1[c-]c(-c2ccccn2)ccc1)c1[c-]c(-n2cc(-n3c4ccccc4c4ccccc43)cn2)ccc1.[Pt+2].[Pt+2].[Pt+2].[c-]1c(Sc2[c-]c(-n3cc(-n4c5ccccc5c5ccccc54)cn3)ccc2)cccc1-c1ccccn1. The van der Waals surface area contributed by atoms with Crippen LogP contribution in [0.1, 0.15) is 0 Å². The van der Waals surface area contributed by atoms with E-state index >= 15 is 4.57 Å². The number of para-hydroxylation sites is 7. The van der Waals surface area contributed by atoms with Crippen molar-refractivity contribution in [2.75, 3.05) is 0 Å². The van der Waals surface area contributed by atoms with Gasteiger partial charge in [0.2, 0.25) is 0 Å². The molecule has 11 heterocycles. The molecule has 0 saturated carbocycles. The van der Waals surface area contributed by atoms with Gasteiger partial charge in [-0.1, -0.05) is 203 Å². The molecule has 1 aliphatic rings. The normalized spacial score (nSPS) is 12.7. The molecule has 0 fully saturated rings. The number of fused-ring (bicyclic) bond motifs is 15. The minimum Gasteiger partial charge on any atom is -0.318 e. The summed E-state index contributed by atoms with van der Waals surface area (Å²) in [6.45, 7) is 0. The summed E-state index contributed by atoms with van der Waals surface area (Å²) in [6, 6.07) is 135. The molecule has 0 aliphatic carbocycles. The summed E-state index contributed by atoms with van der Waals surface area (Å²) in [5.41, 5.74) is 19.3. The van der Waals surface area contributed by atoms with E-state index in [4.69, 9.17) is 15.2 Å². The predicted octanol–water partition coefficient (Wildman–Crippen LogP) is 22.9. The first-order valence-corrected chi connectivity index (χ1v) is 45.2. The summed E-state index contributed by atoms with van der Waals surface area (Å²) in [7, 11) is -7.28. The molecule has 16 nitrogen and oxygen atoms in total. The standard InChI is InChI=1S/C44H26N5OP.C32H20N4O2S.C32H20N4S.3Pt/c50-51(32-12-9-11-29(25-32)47-28-31(27-46-47)48-39-18-5-1-13-33(39)34-14-2-6-19-40(34)48)42-21-8-4-16-36(42)37-23-22-30(26-43(37)51)49-41-20-7-3-15-35(41)38-17-10-24-45-44(38)49;37-39(38,26-11-7-9-23(19-26)30-15-5-6-18-33-30)27-12-8-10-24(20-27)35-22-25(21-34-35)36-31-16-3-1-13-28(31)29-14-2-4-17-32(29)36;1-3-16-31-28(13-1)29-14-2-4-17-32(29)36(31)25-21-34-35(22-25)24-10-8-12-27(20-24)37-26-11-7-9-23(19-26)30-15-5-6-18-33-30;;;/h1-24,27-28H;1-18,21-22H;1-18,21-22H;;;/q3*-2;3*+2. The number of benzene rings is 14. The molecule has 22 heteroatoms. The second-order valence-corrected chi connectivity index (χ2v) is 36.2. The average molecular weight is 2270 g/mol. The molecule has 1 unspecified atom stereocenters. The molecule has 0 saturated heterocycles. The van der Waals surface area contributed by atoms with Gasteiger partial charge in [-0.05, 0) is 105 Å². The first-order chi connectivity index (χ1) is 62.6. The van der Waals surface area contributed by atoms with Crippen molar-refractivity contribution >= 4 is 132 Å². The minimum absolute atomic E-state index is 0. The fraction of sp³-hybridized carbons (Fsp3) is 0. The van der Waals surface area contributed by atoms with Crippen molar-refractivity contribution in [3.8, 4) is 73.5 Å². The van der Waals surface area contributed by atoms with Crippen LogP contribution < -0.4 is 15.9 Å². The summed E-state index contributed by atoms with van der Waals surface area (Å²) < 4.78 is 57.1. The summed E-state index contributed by atoms with van der Waals surface area (Å²) in [4.78, 5) is 15.7. The first-order valence-electron chi connectivity index (χ1n) is 41.2. The maximum Gasteiger partial charge on any atom is 2.00 e. The maximum atomic E-state index is 15.9. The maximum absolute atomic E-state index is 15.9. The van der Waals surface area contributed by atoms with Crippen molar-refractivity contribution in [2.24, 2.45) is 0 Å². The van der Waals surface area contributed by atoms with Crippen LogP contribution in [0.2, 0.25) is 0 Å². The monoisotopic (exact) mass is 2270 g/mol. The van der Waals surface area contributed by atoms with Gasteiger partial charge in [0.15, 0.2) is 9.84 Å². The molecule has 130 heavy (non-hydrogen) atoms. The van der Waals surface area contributed by atoms with E-state index in [0.717, 1.165) is 121 Å². The third-order valence-corrected chi connectivity index (χ3v) is 28.8. The molecule has 0 N–H and O–H groups in total. The Balaban J connectivity index is 0.000000123. The Bertz CT molecular complexity index is 8430. The van der Waals surface area contributed by atoms with Crippen LogP contribution in [0.5, 0.6) is 0 Å². The van der Waals surface area contributed by atoms with Gasteiger partial charge in [0.25, 0.3) is 0 Å². The van der Waals surface area contributed by atoms with Crippen molar-refractivity contribution in [1.82, 2.24) is 62.6 Å². The van der Waals surface area contributed by atoms with Gasteiger partial charge in [-0.25, -0.2) is 13.4 Å². The molecule has 0 spiro atoms. The van der Waals surface area contributed by atoms with Gasteiger partial charge in [0.05, 0.1) is 92.9 Å². The molecular weight excluding hydrogens is 2210 g/mol. The average Bonchev–Trinajstić information content (AvgIpc) is 1.58. The van der Waals surface area contributed by atoms with E-state index in [1.165, 1.54) is 44.7 Å². The number of hydrogen-bond donors (Lipinski definition) is 0. The molecule has 0 amide bonds. The van der Waals surface area contributed by atoms with E-state index in [1.807, 2.05) is 180 Å². The van der Waals surface area contributed by atoms with Crippen molar-refractivity contribution in [2.45, 2.75) is 19.6 Å². The van der Waals surface area contributed by atoms with Crippen LogP contribution in [-0.4, -0.2) is 71.0 Å². The van der Waals surface area contributed by atoms with Crippen molar-refractivity contribution < 1.29 is 76.2 Å². The number of sulfone groups is 1. The summed E-state index contributed by atoms with van der Waals surface area (Å²) in [5, 5.41) is 25.5. The third kappa shape index (κ3) is 14.8. The Hall–Kier alpha value is -14.0. The van der Waals surface area contributed by atoms with E-state index in [1.54, 1.807) is 59.3 Å². The van der Waals surface area contributed by atoms with Gasteiger partial charge in [0, 0.05) is 67.0 Å². The molecule has 10 aromatic heterocycles. The molecule has 14 aromatic carbocycles. The fourth-order valence-electron chi connectivity index (χ4n) is 17.5. The van der Waals surface area contributed by atoms with E-state index in [9.17, 15) is 8.42 Å². The molecular formula is C108H66N13O3PPt3S2. The Morgan fingerprint density at radius 2 is 0.677 bits per heavy atom. The number of nitrogens with zero attached hydrogens (tertiary/aromatic N) is 13. The summed E-state index contributed by atoms with van der Waals surface area (Å²) >= 11 is 1.63. The molecule has 1 atom stereocenters. The largest absolute Gasteiger partial charge is 2.00 e. The van der Waals surface area contributed by atoms with Crippen LogP contribution in [0.3, 0.4) is 0 Å².